The maximum atomic E-state index is 10.7. The summed E-state index contributed by atoms with van der Waals surface area (Å²) in [6.07, 6.45) is 3.84. The molecule has 0 aromatic carbocycles. The molecule has 4 nitrogen and oxygen atoms in total. The van der Waals surface area contributed by atoms with Crippen LogP contribution in [0.25, 0.3) is 0 Å². The minimum absolute atomic E-state index is 0.0609. The highest BCUT2D eigenvalue weighted by atomic mass is 16.1. The van der Waals surface area contributed by atoms with Crippen molar-refractivity contribution in [1.29, 1.82) is 0 Å². The minimum atomic E-state index is -0.0609. The topological polar surface area (TPSA) is 58.4 Å². The first kappa shape index (κ1) is 14.4. The molecule has 1 heterocycles. The fourth-order valence-electron chi connectivity index (χ4n) is 1.43. The van der Waals surface area contributed by atoms with Crippen LogP contribution in [0.2, 0.25) is 0 Å². The van der Waals surface area contributed by atoms with Crippen LogP contribution >= 0.6 is 0 Å². The molecule has 0 aromatic heterocycles. The molecule has 1 amide bonds. The summed E-state index contributed by atoms with van der Waals surface area (Å²) in [5.41, 5.74) is 5.14. The van der Waals surface area contributed by atoms with Crippen LogP contribution in [-0.2, 0) is 4.79 Å². The van der Waals surface area contributed by atoms with Crippen molar-refractivity contribution >= 4 is 5.91 Å². The summed E-state index contributed by atoms with van der Waals surface area (Å²) in [5.74, 6) is -0.0609. The summed E-state index contributed by atoms with van der Waals surface area (Å²) in [6.45, 7) is 8.40. The highest BCUT2D eigenvalue weighted by Gasteiger charge is 2.10. The molecule has 0 aromatic rings. The van der Waals surface area contributed by atoms with E-state index in [0.29, 0.717) is 0 Å². The Morgan fingerprint density at radius 2 is 1.87 bits per heavy atom. The van der Waals surface area contributed by atoms with Gasteiger partial charge >= 0.3 is 0 Å². The van der Waals surface area contributed by atoms with Gasteiger partial charge in [0, 0.05) is 13.1 Å². The van der Waals surface area contributed by atoms with Gasteiger partial charge in [0.15, 0.2) is 0 Å². The summed E-state index contributed by atoms with van der Waals surface area (Å²) >= 11 is 0. The van der Waals surface area contributed by atoms with E-state index in [1.807, 2.05) is 0 Å². The quantitative estimate of drug-likeness (QED) is 0.721. The van der Waals surface area contributed by atoms with Gasteiger partial charge in [0.2, 0.25) is 5.91 Å². The third kappa shape index (κ3) is 8.39. The molecular weight excluding hydrogens is 190 g/mol. The Morgan fingerprint density at radius 1 is 1.33 bits per heavy atom. The van der Waals surface area contributed by atoms with Crippen molar-refractivity contribution in [2.75, 3.05) is 32.7 Å². The number of rotatable bonds is 4. The first-order chi connectivity index (χ1) is 7.24. The molecule has 1 aliphatic heterocycles. The summed E-state index contributed by atoms with van der Waals surface area (Å²) < 4.78 is 0. The highest BCUT2D eigenvalue weighted by Crippen LogP contribution is 2.05. The Labute approximate surface area is 93.2 Å². The third-order valence-electron chi connectivity index (χ3n) is 2.13. The number of carbonyl (C=O) groups excluding carboxylic acids is 1. The lowest BCUT2D eigenvalue weighted by atomic mass is 10.4. The monoisotopic (exact) mass is 215 g/mol. The van der Waals surface area contributed by atoms with E-state index >= 15 is 0 Å². The van der Waals surface area contributed by atoms with Gasteiger partial charge in [-0.3, -0.25) is 4.79 Å². The van der Waals surface area contributed by atoms with Crippen LogP contribution in [0.15, 0.2) is 0 Å². The molecule has 0 radical (unpaired) electrons. The predicted molar refractivity (Wildman–Crippen MR) is 63.7 cm³/mol. The predicted octanol–water partition coefficient (Wildman–Crippen LogP) is 0.573. The number of nitrogens with two attached hydrogens (primary N) is 1. The molecule has 15 heavy (non-hydrogen) atoms. The van der Waals surface area contributed by atoms with Gasteiger partial charge in [-0.25, -0.2) is 0 Å². The largest absolute Gasteiger partial charge is 0.354 e. The van der Waals surface area contributed by atoms with E-state index in [9.17, 15) is 4.79 Å². The van der Waals surface area contributed by atoms with E-state index in [-0.39, 0.29) is 12.5 Å². The number of hydrogen-bond donors (Lipinski definition) is 2. The SMILES string of the molecule is CCC.NCC(=O)NCCN1CCCC1. The molecule has 0 saturated carbocycles. The van der Waals surface area contributed by atoms with Crippen LogP contribution in [-0.4, -0.2) is 43.5 Å². The molecule has 1 rings (SSSR count). The van der Waals surface area contributed by atoms with Crippen molar-refractivity contribution in [1.82, 2.24) is 10.2 Å². The summed E-state index contributed by atoms with van der Waals surface area (Å²) in [5, 5.41) is 2.75. The third-order valence-corrected chi connectivity index (χ3v) is 2.13. The molecule has 0 spiro atoms. The number of carbonyl (C=O) groups is 1. The Morgan fingerprint density at radius 3 is 2.33 bits per heavy atom. The Kier molecular flexibility index (Phi) is 9.52. The van der Waals surface area contributed by atoms with Crippen molar-refractivity contribution in [3.63, 3.8) is 0 Å². The molecule has 90 valence electrons. The molecule has 3 N–H and O–H groups in total. The fourth-order valence-corrected chi connectivity index (χ4v) is 1.43. The maximum absolute atomic E-state index is 10.7. The van der Waals surface area contributed by atoms with E-state index in [4.69, 9.17) is 5.73 Å². The van der Waals surface area contributed by atoms with Gasteiger partial charge in [-0.2, -0.15) is 0 Å². The standard InChI is InChI=1S/C8H17N3O.C3H8/c9-7-8(12)10-3-6-11-4-1-2-5-11;1-3-2/h1-7,9H2,(H,10,12);3H2,1-2H3. The Bertz CT molecular complexity index is 156. The van der Waals surface area contributed by atoms with Gasteiger partial charge in [-0.15, -0.1) is 0 Å². The van der Waals surface area contributed by atoms with Crippen LogP contribution in [0.5, 0.6) is 0 Å². The second-order valence-corrected chi connectivity index (χ2v) is 3.81. The zero-order chi connectivity index (χ0) is 11.5. The van der Waals surface area contributed by atoms with Gasteiger partial charge in [0.25, 0.3) is 0 Å². The average molecular weight is 215 g/mol. The van der Waals surface area contributed by atoms with Crippen LogP contribution in [0.4, 0.5) is 0 Å². The molecule has 0 unspecified atom stereocenters. The lowest BCUT2D eigenvalue weighted by Gasteiger charge is -2.14. The zero-order valence-corrected chi connectivity index (χ0v) is 10.1. The van der Waals surface area contributed by atoms with E-state index in [2.05, 4.69) is 24.1 Å². The molecular formula is C11H25N3O. The van der Waals surface area contributed by atoms with Crippen molar-refractivity contribution in [3.05, 3.63) is 0 Å². The van der Waals surface area contributed by atoms with Crippen molar-refractivity contribution in [3.8, 4) is 0 Å². The number of nitrogens with one attached hydrogen (secondary N) is 1. The molecule has 0 bridgehead atoms. The van der Waals surface area contributed by atoms with Crippen LogP contribution in [0, 0.1) is 0 Å². The van der Waals surface area contributed by atoms with Crippen molar-refractivity contribution in [2.45, 2.75) is 33.1 Å². The zero-order valence-electron chi connectivity index (χ0n) is 10.1. The van der Waals surface area contributed by atoms with Gasteiger partial charge in [-0.1, -0.05) is 20.3 Å². The number of hydrogen-bond acceptors (Lipinski definition) is 3. The summed E-state index contributed by atoms with van der Waals surface area (Å²) in [7, 11) is 0. The first-order valence-corrected chi connectivity index (χ1v) is 5.93. The summed E-state index contributed by atoms with van der Waals surface area (Å²) in [4.78, 5) is 13.1. The fraction of sp³-hybridized carbons (Fsp3) is 0.909. The van der Waals surface area contributed by atoms with Gasteiger partial charge in [-0.05, 0) is 25.9 Å². The molecule has 0 atom stereocenters. The van der Waals surface area contributed by atoms with Crippen molar-refractivity contribution in [2.24, 2.45) is 5.73 Å². The van der Waals surface area contributed by atoms with E-state index in [1.165, 1.54) is 32.4 Å². The van der Waals surface area contributed by atoms with Crippen LogP contribution in [0.1, 0.15) is 33.1 Å². The second kappa shape index (κ2) is 9.93. The molecule has 0 aliphatic carbocycles. The Hall–Kier alpha value is -0.610. The van der Waals surface area contributed by atoms with Gasteiger partial charge < -0.3 is 16.0 Å². The van der Waals surface area contributed by atoms with Crippen molar-refractivity contribution < 1.29 is 4.79 Å². The highest BCUT2D eigenvalue weighted by molar-refractivity contribution is 5.77. The number of likely N-dealkylation sites (tertiary alicyclic amines) is 1. The molecule has 1 fully saturated rings. The van der Waals surface area contributed by atoms with E-state index < -0.39 is 0 Å². The first-order valence-electron chi connectivity index (χ1n) is 5.93. The normalized spacial score (nSPS) is 15.7. The molecule has 1 saturated heterocycles. The smallest absolute Gasteiger partial charge is 0.233 e. The Balaban J connectivity index is 0.000000583. The molecule has 4 heteroatoms. The van der Waals surface area contributed by atoms with E-state index in [1.54, 1.807) is 0 Å². The van der Waals surface area contributed by atoms with E-state index in [0.717, 1.165) is 13.1 Å². The maximum Gasteiger partial charge on any atom is 0.233 e. The lowest BCUT2D eigenvalue weighted by Crippen LogP contribution is -2.36. The number of amides is 1. The second-order valence-electron chi connectivity index (χ2n) is 3.81. The summed E-state index contributed by atoms with van der Waals surface area (Å²) in [6, 6.07) is 0. The average Bonchev–Trinajstić information content (AvgIpc) is 2.71. The van der Waals surface area contributed by atoms with Crippen LogP contribution < -0.4 is 11.1 Å². The van der Waals surface area contributed by atoms with Gasteiger partial charge in [0.05, 0.1) is 6.54 Å². The van der Waals surface area contributed by atoms with Crippen LogP contribution in [0.3, 0.4) is 0 Å². The molecule has 1 aliphatic rings. The minimum Gasteiger partial charge on any atom is -0.354 e. The number of nitrogens with zero attached hydrogens (tertiary/aromatic N) is 1. The lowest BCUT2D eigenvalue weighted by molar-refractivity contribution is -0.119. The van der Waals surface area contributed by atoms with Gasteiger partial charge in [0.1, 0.15) is 0 Å².